The topological polar surface area (TPSA) is 75.6 Å². The van der Waals surface area contributed by atoms with Gasteiger partial charge in [0.15, 0.2) is 0 Å². The summed E-state index contributed by atoms with van der Waals surface area (Å²) in [6, 6.07) is 0. The molecule has 2 aromatic rings. The predicted molar refractivity (Wildman–Crippen MR) is 69.7 cm³/mol. The fourth-order valence-corrected chi connectivity index (χ4v) is 2.46. The lowest BCUT2D eigenvalue weighted by molar-refractivity contribution is 0.0940. The number of imidazole rings is 2. The molecule has 2 N–H and O–H groups in total. The van der Waals surface area contributed by atoms with E-state index in [2.05, 4.69) is 24.8 Å². The molecule has 2 aromatic heterocycles. The van der Waals surface area contributed by atoms with E-state index in [1.165, 1.54) is 0 Å². The van der Waals surface area contributed by atoms with Crippen molar-refractivity contribution in [1.82, 2.24) is 24.8 Å². The second-order valence-corrected chi connectivity index (χ2v) is 4.99. The highest BCUT2D eigenvalue weighted by molar-refractivity contribution is 5.92. The molecule has 0 aliphatic carbocycles. The van der Waals surface area contributed by atoms with Crippen molar-refractivity contribution in [2.24, 2.45) is 5.92 Å². The van der Waals surface area contributed by atoms with Crippen molar-refractivity contribution in [3.8, 4) is 0 Å². The van der Waals surface area contributed by atoms with Crippen molar-refractivity contribution >= 4 is 5.91 Å². The summed E-state index contributed by atoms with van der Waals surface area (Å²) in [5.74, 6) is 2.24. The van der Waals surface area contributed by atoms with Gasteiger partial charge in [0.1, 0.15) is 17.3 Å². The van der Waals surface area contributed by atoms with Crippen LogP contribution in [0.1, 0.15) is 28.6 Å². The highest BCUT2D eigenvalue weighted by Crippen LogP contribution is 2.18. The van der Waals surface area contributed by atoms with Crippen LogP contribution in [0.4, 0.5) is 0 Å². The van der Waals surface area contributed by atoms with E-state index in [1.54, 1.807) is 6.20 Å². The molecular weight excluding hydrogens is 242 g/mol. The molecule has 3 rings (SSSR count). The highest BCUT2D eigenvalue weighted by Gasteiger charge is 2.20. The van der Waals surface area contributed by atoms with Gasteiger partial charge >= 0.3 is 0 Å². The minimum Gasteiger partial charge on any atom is -0.350 e. The lowest BCUT2D eigenvalue weighted by atomic mass is 9.98. The number of nitrogens with zero attached hydrogens (tertiary/aromatic N) is 3. The van der Waals surface area contributed by atoms with Gasteiger partial charge in [-0.3, -0.25) is 4.79 Å². The zero-order chi connectivity index (χ0) is 13.2. The minimum absolute atomic E-state index is 0.0884. The number of carbonyl (C=O) groups excluding carboxylic acids is 1. The van der Waals surface area contributed by atoms with E-state index in [4.69, 9.17) is 0 Å². The Hall–Kier alpha value is -2.11. The fraction of sp³-hybridized carbons (Fsp3) is 0.462. The van der Waals surface area contributed by atoms with Crippen LogP contribution in [0.3, 0.4) is 0 Å². The number of aromatic nitrogens is 4. The molecule has 0 aromatic carbocycles. The largest absolute Gasteiger partial charge is 0.350 e. The summed E-state index contributed by atoms with van der Waals surface area (Å²) >= 11 is 0. The average molecular weight is 259 g/mol. The third-order valence-electron chi connectivity index (χ3n) is 3.55. The van der Waals surface area contributed by atoms with Crippen LogP contribution in [0.2, 0.25) is 0 Å². The molecule has 0 saturated heterocycles. The first-order valence-electron chi connectivity index (χ1n) is 6.52. The summed E-state index contributed by atoms with van der Waals surface area (Å²) in [5, 5.41) is 2.96. The Morgan fingerprint density at radius 2 is 2.47 bits per heavy atom. The van der Waals surface area contributed by atoms with E-state index in [9.17, 15) is 4.79 Å². The third-order valence-corrected chi connectivity index (χ3v) is 3.55. The second kappa shape index (κ2) is 4.87. The van der Waals surface area contributed by atoms with Crippen LogP contribution in [-0.4, -0.2) is 32.0 Å². The number of carbonyl (C=O) groups is 1. The Morgan fingerprint density at radius 3 is 3.26 bits per heavy atom. The molecule has 1 aliphatic rings. The van der Waals surface area contributed by atoms with Crippen LogP contribution in [0, 0.1) is 12.8 Å². The normalized spacial score (nSPS) is 18.1. The maximum absolute atomic E-state index is 11.9. The smallest absolute Gasteiger partial charge is 0.269 e. The molecule has 0 bridgehead atoms. The van der Waals surface area contributed by atoms with E-state index < -0.39 is 0 Å². The van der Waals surface area contributed by atoms with Crippen LogP contribution >= 0.6 is 0 Å². The molecule has 0 radical (unpaired) electrons. The van der Waals surface area contributed by atoms with Gasteiger partial charge in [0.05, 0.1) is 6.20 Å². The number of amides is 1. The van der Waals surface area contributed by atoms with Gasteiger partial charge in [-0.15, -0.1) is 0 Å². The average Bonchev–Trinajstić information content (AvgIpc) is 3.03. The molecule has 1 amide bonds. The second-order valence-electron chi connectivity index (χ2n) is 4.99. The van der Waals surface area contributed by atoms with Gasteiger partial charge in [-0.1, -0.05) is 0 Å². The van der Waals surface area contributed by atoms with E-state index in [0.717, 1.165) is 31.0 Å². The Bertz CT molecular complexity index is 585. The number of rotatable bonds is 3. The summed E-state index contributed by atoms with van der Waals surface area (Å²) < 4.78 is 2.18. The van der Waals surface area contributed by atoms with E-state index in [0.29, 0.717) is 18.2 Å². The van der Waals surface area contributed by atoms with Crippen LogP contribution in [-0.2, 0) is 13.0 Å². The summed E-state index contributed by atoms with van der Waals surface area (Å²) in [6.07, 6.45) is 7.42. The number of aromatic amines is 1. The van der Waals surface area contributed by atoms with Crippen molar-refractivity contribution in [3.05, 3.63) is 35.9 Å². The SMILES string of the molecule is Cc1ncc(C(=O)NCC2CCn3ccnc3C2)[nH]1. The molecule has 6 nitrogen and oxygen atoms in total. The monoisotopic (exact) mass is 259 g/mol. The first-order valence-corrected chi connectivity index (χ1v) is 6.52. The molecular formula is C13H17N5O. The Morgan fingerprint density at radius 1 is 1.58 bits per heavy atom. The Kier molecular flexibility index (Phi) is 3.06. The van der Waals surface area contributed by atoms with Crippen LogP contribution < -0.4 is 5.32 Å². The molecule has 6 heteroatoms. The van der Waals surface area contributed by atoms with Crippen molar-refractivity contribution < 1.29 is 4.79 Å². The standard InChI is InChI=1S/C13H17N5O/c1-9-15-8-11(17-9)13(19)16-7-10-2-4-18-5-3-14-12(18)6-10/h3,5,8,10H,2,4,6-7H2,1H3,(H,15,17)(H,16,19). The maximum atomic E-state index is 11.9. The van der Waals surface area contributed by atoms with E-state index in [1.807, 2.05) is 19.3 Å². The molecule has 19 heavy (non-hydrogen) atoms. The lowest BCUT2D eigenvalue weighted by Crippen LogP contribution is -2.33. The zero-order valence-corrected chi connectivity index (χ0v) is 10.9. The molecule has 1 unspecified atom stereocenters. The quantitative estimate of drug-likeness (QED) is 0.860. The Labute approximate surface area is 111 Å². The lowest BCUT2D eigenvalue weighted by Gasteiger charge is -2.23. The molecule has 0 saturated carbocycles. The Balaban J connectivity index is 1.55. The van der Waals surface area contributed by atoms with Gasteiger partial charge in [-0.2, -0.15) is 0 Å². The molecule has 0 spiro atoms. The number of nitrogens with one attached hydrogen (secondary N) is 2. The number of hydrogen-bond donors (Lipinski definition) is 2. The van der Waals surface area contributed by atoms with Crippen molar-refractivity contribution in [1.29, 1.82) is 0 Å². The van der Waals surface area contributed by atoms with Gasteiger partial charge < -0.3 is 14.9 Å². The summed E-state index contributed by atoms with van der Waals surface area (Å²) in [6.45, 7) is 3.50. The van der Waals surface area contributed by atoms with E-state index >= 15 is 0 Å². The van der Waals surface area contributed by atoms with Gasteiger partial charge in [-0.25, -0.2) is 9.97 Å². The first kappa shape index (κ1) is 12.0. The molecule has 1 aliphatic heterocycles. The third kappa shape index (κ3) is 2.52. The molecule has 100 valence electrons. The molecule has 0 fully saturated rings. The van der Waals surface area contributed by atoms with Crippen molar-refractivity contribution in [3.63, 3.8) is 0 Å². The number of hydrogen-bond acceptors (Lipinski definition) is 3. The van der Waals surface area contributed by atoms with Crippen LogP contribution in [0.5, 0.6) is 0 Å². The summed E-state index contributed by atoms with van der Waals surface area (Å²) in [4.78, 5) is 23.2. The van der Waals surface area contributed by atoms with Crippen LogP contribution in [0.25, 0.3) is 0 Å². The number of H-pyrrole nitrogens is 1. The first-order chi connectivity index (χ1) is 9.22. The zero-order valence-electron chi connectivity index (χ0n) is 10.9. The fourth-order valence-electron chi connectivity index (χ4n) is 2.46. The number of fused-ring (bicyclic) bond motifs is 1. The van der Waals surface area contributed by atoms with Gasteiger partial charge in [0.25, 0.3) is 5.91 Å². The van der Waals surface area contributed by atoms with Crippen LogP contribution in [0.15, 0.2) is 18.6 Å². The van der Waals surface area contributed by atoms with Crippen molar-refractivity contribution in [2.75, 3.05) is 6.54 Å². The minimum atomic E-state index is -0.0884. The van der Waals surface area contributed by atoms with Gasteiger partial charge in [-0.05, 0) is 19.3 Å². The van der Waals surface area contributed by atoms with Crippen molar-refractivity contribution in [2.45, 2.75) is 26.3 Å². The molecule has 3 heterocycles. The van der Waals surface area contributed by atoms with Gasteiger partial charge in [0.2, 0.25) is 0 Å². The predicted octanol–water partition coefficient (Wildman–Crippen LogP) is 0.907. The summed E-state index contributed by atoms with van der Waals surface area (Å²) in [7, 11) is 0. The number of aryl methyl sites for hydroxylation is 2. The van der Waals surface area contributed by atoms with Gasteiger partial charge in [0, 0.05) is 31.9 Å². The highest BCUT2D eigenvalue weighted by atomic mass is 16.1. The summed E-state index contributed by atoms with van der Waals surface area (Å²) in [5.41, 5.74) is 0.523. The van der Waals surface area contributed by atoms with E-state index in [-0.39, 0.29) is 5.91 Å². The maximum Gasteiger partial charge on any atom is 0.269 e. The molecule has 1 atom stereocenters.